The molecular formula is C21H35N7S. The molecule has 0 bridgehead atoms. The van der Waals surface area contributed by atoms with Crippen LogP contribution in [0.1, 0.15) is 41.4 Å². The quantitative estimate of drug-likeness (QED) is 0.393. The summed E-state index contributed by atoms with van der Waals surface area (Å²) in [4.78, 5) is 11.5. The Labute approximate surface area is 178 Å². The summed E-state index contributed by atoms with van der Waals surface area (Å²) in [7, 11) is 1.84. The molecule has 1 aliphatic heterocycles. The van der Waals surface area contributed by atoms with Crippen LogP contribution in [0.25, 0.3) is 0 Å². The van der Waals surface area contributed by atoms with Gasteiger partial charge in [-0.2, -0.15) is 5.10 Å². The number of aliphatic imine (C=N–C) groups is 1. The van der Waals surface area contributed by atoms with Gasteiger partial charge in [-0.15, -0.1) is 11.3 Å². The second kappa shape index (κ2) is 10.7. The van der Waals surface area contributed by atoms with Gasteiger partial charge in [0.15, 0.2) is 5.96 Å². The Balaban J connectivity index is 1.30. The highest BCUT2D eigenvalue weighted by atomic mass is 32.1. The topological polar surface area (TPSA) is 70.4 Å². The predicted molar refractivity (Wildman–Crippen MR) is 121 cm³/mol. The minimum absolute atomic E-state index is 0.705. The maximum Gasteiger partial charge on any atom is 0.190 e. The molecule has 0 saturated carbocycles. The summed E-state index contributed by atoms with van der Waals surface area (Å²) in [6.45, 7) is 12.3. The normalized spacial score (nSPS) is 16.3. The van der Waals surface area contributed by atoms with E-state index in [1.54, 1.807) is 11.3 Å². The predicted octanol–water partition coefficient (Wildman–Crippen LogP) is 2.73. The van der Waals surface area contributed by atoms with Crippen LogP contribution in [0.15, 0.2) is 16.4 Å². The molecular weight excluding hydrogens is 382 g/mol. The van der Waals surface area contributed by atoms with Crippen molar-refractivity contribution in [3.8, 4) is 0 Å². The molecule has 7 nitrogen and oxygen atoms in total. The average molecular weight is 418 g/mol. The minimum Gasteiger partial charge on any atom is -0.356 e. The summed E-state index contributed by atoms with van der Waals surface area (Å²) in [6.07, 6.45) is 3.48. The summed E-state index contributed by atoms with van der Waals surface area (Å²) < 4.78 is 2.08. The summed E-state index contributed by atoms with van der Waals surface area (Å²) in [5.41, 5.74) is 3.52. The zero-order valence-corrected chi connectivity index (χ0v) is 19.1. The number of hydrogen-bond donors (Lipinski definition) is 2. The van der Waals surface area contributed by atoms with Crippen LogP contribution in [0, 0.1) is 26.7 Å². The number of thiazole rings is 1. The van der Waals surface area contributed by atoms with Crippen LogP contribution in [0.2, 0.25) is 0 Å². The molecule has 160 valence electrons. The lowest BCUT2D eigenvalue weighted by Crippen LogP contribution is -2.43. The SMILES string of the molecule is CN=C(NCCCn1nc(C)cc1C)NCC1CCN(Cc2csc(C)n2)CC1. The van der Waals surface area contributed by atoms with E-state index in [0.717, 1.165) is 62.4 Å². The Morgan fingerprint density at radius 3 is 2.66 bits per heavy atom. The number of hydrogen-bond acceptors (Lipinski definition) is 5. The van der Waals surface area contributed by atoms with E-state index in [4.69, 9.17) is 0 Å². The molecule has 1 saturated heterocycles. The van der Waals surface area contributed by atoms with Crippen molar-refractivity contribution in [3.05, 3.63) is 33.5 Å². The largest absolute Gasteiger partial charge is 0.356 e. The van der Waals surface area contributed by atoms with Gasteiger partial charge in [0.05, 0.1) is 16.4 Å². The number of rotatable bonds is 8. The molecule has 1 aliphatic rings. The first-order chi connectivity index (χ1) is 14.0. The number of piperidine rings is 1. The van der Waals surface area contributed by atoms with Crippen LogP contribution in [0.4, 0.5) is 0 Å². The van der Waals surface area contributed by atoms with Crippen molar-refractivity contribution in [1.29, 1.82) is 0 Å². The molecule has 3 heterocycles. The first kappa shape index (κ1) is 21.8. The lowest BCUT2D eigenvalue weighted by atomic mass is 9.97. The van der Waals surface area contributed by atoms with Crippen LogP contribution in [0.3, 0.4) is 0 Å². The lowest BCUT2D eigenvalue weighted by molar-refractivity contribution is 0.176. The summed E-state index contributed by atoms with van der Waals surface area (Å²) in [5, 5.41) is 14.8. The molecule has 2 aromatic heterocycles. The molecule has 0 aromatic carbocycles. The maximum atomic E-state index is 4.59. The van der Waals surface area contributed by atoms with Crippen molar-refractivity contribution in [2.75, 3.05) is 33.2 Å². The molecule has 0 unspecified atom stereocenters. The van der Waals surface area contributed by atoms with E-state index in [1.807, 2.05) is 14.0 Å². The molecule has 0 spiro atoms. The highest BCUT2D eigenvalue weighted by molar-refractivity contribution is 7.09. The average Bonchev–Trinajstić information content (AvgIpc) is 3.26. The fraction of sp³-hybridized carbons (Fsp3) is 0.667. The van der Waals surface area contributed by atoms with Crippen LogP contribution in [-0.2, 0) is 13.1 Å². The Bertz CT molecular complexity index is 787. The standard InChI is InChI=1S/C21H35N7S/c1-16-12-17(2)28(26-16)9-5-8-23-21(22-4)24-13-19-6-10-27(11-7-19)14-20-15-29-18(3)25-20/h12,15,19H,5-11,13-14H2,1-4H3,(H2,22,23,24). The van der Waals surface area contributed by atoms with Gasteiger partial charge < -0.3 is 10.6 Å². The smallest absolute Gasteiger partial charge is 0.190 e. The fourth-order valence-corrected chi connectivity index (χ4v) is 4.46. The number of nitrogens with one attached hydrogen (secondary N) is 2. The Kier molecular flexibility index (Phi) is 8.06. The zero-order valence-electron chi connectivity index (χ0n) is 18.2. The molecule has 0 amide bonds. The lowest BCUT2D eigenvalue weighted by Gasteiger charge is -2.31. The van der Waals surface area contributed by atoms with E-state index in [9.17, 15) is 0 Å². The highest BCUT2D eigenvalue weighted by Gasteiger charge is 2.20. The number of nitrogens with zero attached hydrogens (tertiary/aromatic N) is 5. The third-order valence-electron chi connectivity index (χ3n) is 5.48. The van der Waals surface area contributed by atoms with E-state index in [1.165, 1.54) is 24.2 Å². The summed E-state index contributed by atoms with van der Waals surface area (Å²) in [6, 6.07) is 2.12. The Morgan fingerprint density at radius 1 is 1.24 bits per heavy atom. The van der Waals surface area contributed by atoms with Crippen molar-refractivity contribution in [2.45, 2.75) is 53.1 Å². The third-order valence-corrected chi connectivity index (χ3v) is 6.31. The van der Waals surface area contributed by atoms with Gasteiger partial charge in [0.1, 0.15) is 0 Å². The molecule has 29 heavy (non-hydrogen) atoms. The zero-order chi connectivity index (χ0) is 20.6. The van der Waals surface area contributed by atoms with Crippen LogP contribution >= 0.6 is 11.3 Å². The number of aryl methyl sites for hydroxylation is 4. The van der Waals surface area contributed by atoms with Gasteiger partial charge in [0.2, 0.25) is 0 Å². The highest BCUT2D eigenvalue weighted by Crippen LogP contribution is 2.19. The van der Waals surface area contributed by atoms with E-state index >= 15 is 0 Å². The van der Waals surface area contributed by atoms with Gasteiger partial charge in [-0.1, -0.05) is 0 Å². The van der Waals surface area contributed by atoms with E-state index in [2.05, 4.69) is 60.6 Å². The maximum absolute atomic E-state index is 4.59. The van der Waals surface area contributed by atoms with Crippen LogP contribution in [0.5, 0.6) is 0 Å². The summed E-state index contributed by atoms with van der Waals surface area (Å²) in [5.74, 6) is 1.61. The second-order valence-corrected chi connectivity index (χ2v) is 9.02. The molecule has 1 fully saturated rings. The van der Waals surface area contributed by atoms with Crippen molar-refractivity contribution >= 4 is 17.3 Å². The third kappa shape index (κ3) is 6.82. The van der Waals surface area contributed by atoms with Gasteiger partial charge in [-0.05, 0) is 65.1 Å². The van der Waals surface area contributed by atoms with Gasteiger partial charge >= 0.3 is 0 Å². The Hall–Kier alpha value is -1.93. The van der Waals surface area contributed by atoms with E-state index in [-0.39, 0.29) is 0 Å². The number of aromatic nitrogens is 3. The Morgan fingerprint density at radius 2 is 2.03 bits per heavy atom. The molecule has 2 aromatic rings. The van der Waals surface area contributed by atoms with Crippen molar-refractivity contribution in [2.24, 2.45) is 10.9 Å². The van der Waals surface area contributed by atoms with Gasteiger partial charge in [-0.25, -0.2) is 4.98 Å². The van der Waals surface area contributed by atoms with Crippen molar-refractivity contribution in [1.82, 2.24) is 30.3 Å². The monoisotopic (exact) mass is 417 g/mol. The van der Waals surface area contributed by atoms with Gasteiger partial charge in [0, 0.05) is 44.3 Å². The second-order valence-electron chi connectivity index (χ2n) is 7.96. The molecule has 0 radical (unpaired) electrons. The van der Waals surface area contributed by atoms with Crippen molar-refractivity contribution < 1.29 is 0 Å². The number of guanidine groups is 1. The molecule has 0 aliphatic carbocycles. The first-order valence-electron chi connectivity index (χ1n) is 10.6. The molecule has 2 N–H and O–H groups in total. The van der Waals surface area contributed by atoms with E-state index in [0.29, 0.717) is 5.92 Å². The van der Waals surface area contributed by atoms with Crippen LogP contribution in [-0.4, -0.2) is 58.9 Å². The number of likely N-dealkylation sites (tertiary alicyclic amines) is 1. The molecule has 8 heteroatoms. The van der Waals surface area contributed by atoms with Gasteiger partial charge in [-0.3, -0.25) is 14.6 Å². The van der Waals surface area contributed by atoms with Crippen molar-refractivity contribution in [3.63, 3.8) is 0 Å². The minimum atomic E-state index is 0.705. The van der Waals surface area contributed by atoms with Crippen LogP contribution < -0.4 is 10.6 Å². The fourth-order valence-electron chi connectivity index (χ4n) is 3.86. The van der Waals surface area contributed by atoms with Gasteiger partial charge in [0.25, 0.3) is 0 Å². The first-order valence-corrected chi connectivity index (χ1v) is 11.5. The molecule has 0 atom stereocenters. The van der Waals surface area contributed by atoms with E-state index < -0.39 is 0 Å². The summed E-state index contributed by atoms with van der Waals surface area (Å²) >= 11 is 1.74. The molecule has 3 rings (SSSR count).